The van der Waals surface area contributed by atoms with Crippen molar-refractivity contribution in [3.05, 3.63) is 45.8 Å². The van der Waals surface area contributed by atoms with Crippen LogP contribution in [0.1, 0.15) is 18.2 Å². The topological polar surface area (TPSA) is 54.8 Å². The predicted octanol–water partition coefficient (Wildman–Crippen LogP) is 4.08. The number of rotatable bonds is 4. The molecule has 1 aliphatic heterocycles. The summed E-state index contributed by atoms with van der Waals surface area (Å²) >= 11 is 2.84. The quantitative estimate of drug-likeness (QED) is 0.772. The van der Waals surface area contributed by atoms with Gasteiger partial charge < -0.3 is 4.74 Å². The number of aryl methyl sites for hydroxylation is 1. The van der Waals surface area contributed by atoms with Crippen LogP contribution in [0, 0.1) is 6.92 Å². The highest BCUT2D eigenvalue weighted by Crippen LogP contribution is 2.35. The van der Waals surface area contributed by atoms with E-state index in [1.165, 1.54) is 23.1 Å². The number of methoxy groups -OCH3 is 1. The fourth-order valence-corrected chi connectivity index (χ4v) is 4.03. The fraction of sp³-hybridized carbons (Fsp3) is 0.235. The third-order valence-electron chi connectivity index (χ3n) is 3.43. The van der Waals surface area contributed by atoms with Gasteiger partial charge in [-0.3, -0.25) is 9.69 Å². The molecule has 124 valence electrons. The molecule has 3 rings (SSSR count). The van der Waals surface area contributed by atoms with Gasteiger partial charge in [0.2, 0.25) is 5.13 Å². The van der Waals surface area contributed by atoms with E-state index in [-0.39, 0.29) is 5.91 Å². The lowest BCUT2D eigenvalue weighted by Gasteiger charge is -2.11. The summed E-state index contributed by atoms with van der Waals surface area (Å²) in [5.74, 6) is 0.697. The van der Waals surface area contributed by atoms with Crippen molar-refractivity contribution in [2.75, 3.05) is 13.7 Å². The molecule has 1 saturated heterocycles. The molecule has 0 radical (unpaired) electrons. The number of amidine groups is 1. The number of para-hydroxylation sites is 1. The Hall–Kier alpha value is -2.12. The summed E-state index contributed by atoms with van der Waals surface area (Å²) < 4.78 is 5.35. The maximum absolute atomic E-state index is 12.6. The molecular formula is C17H17N3O2S2. The third-order valence-corrected chi connectivity index (χ3v) is 5.29. The summed E-state index contributed by atoms with van der Waals surface area (Å²) in [6.45, 7) is 4.43. The van der Waals surface area contributed by atoms with Crippen molar-refractivity contribution in [1.29, 1.82) is 0 Å². The number of benzene rings is 1. The number of carbonyl (C=O) groups is 1. The zero-order chi connectivity index (χ0) is 17.1. The summed E-state index contributed by atoms with van der Waals surface area (Å²) in [7, 11) is 1.62. The summed E-state index contributed by atoms with van der Waals surface area (Å²) in [5.41, 5.74) is 1.81. The molecule has 2 aromatic rings. The van der Waals surface area contributed by atoms with Gasteiger partial charge in [-0.05, 0) is 37.8 Å². The van der Waals surface area contributed by atoms with Crippen LogP contribution in [0.2, 0.25) is 0 Å². The molecule has 1 aromatic carbocycles. The molecule has 0 atom stereocenters. The van der Waals surface area contributed by atoms with E-state index >= 15 is 0 Å². The van der Waals surface area contributed by atoms with Gasteiger partial charge in [-0.25, -0.2) is 4.98 Å². The van der Waals surface area contributed by atoms with Crippen molar-refractivity contribution in [1.82, 2.24) is 9.88 Å². The highest BCUT2D eigenvalue weighted by molar-refractivity contribution is 8.18. The van der Waals surface area contributed by atoms with Gasteiger partial charge in [-0.2, -0.15) is 4.99 Å². The largest absolute Gasteiger partial charge is 0.496 e. The lowest BCUT2D eigenvalue weighted by molar-refractivity contribution is -0.122. The van der Waals surface area contributed by atoms with Gasteiger partial charge in [0.15, 0.2) is 5.17 Å². The molecule has 1 amide bonds. The van der Waals surface area contributed by atoms with Crippen molar-refractivity contribution in [2.24, 2.45) is 4.99 Å². The van der Waals surface area contributed by atoms with Gasteiger partial charge in [0, 0.05) is 17.5 Å². The van der Waals surface area contributed by atoms with Crippen LogP contribution in [0.3, 0.4) is 0 Å². The molecule has 0 unspecified atom stereocenters. The Kier molecular flexibility index (Phi) is 5.01. The Labute approximate surface area is 149 Å². The Balaban J connectivity index is 1.95. The van der Waals surface area contributed by atoms with Crippen LogP contribution in [-0.4, -0.2) is 34.6 Å². The second-order valence-corrected chi connectivity index (χ2v) is 6.91. The molecule has 2 heterocycles. The highest BCUT2D eigenvalue weighted by Gasteiger charge is 2.32. The molecule has 7 heteroatoms. The van der Waals surface area contributed by atoms with Gasteiger partial charge in [0.25, 0.3) is 5.91 Å². The summed E-state index contributed by atoms with van der Waals surface area (Å²) in [5, 5.41) is 3.28. The molecule has 1 fully saturated rings. The van der Waals surface area contributed by atoms with Gasteiger partial charge >= 0.3 is 0 Å². The molecule has 0 saturated carbocycles. The minimum atomic E-state index is -0.0413. The number of thioether (sulfide) groups is 1. The van der Waals surface area contributed by atoms with E-state index in [1.54, 1.807) is 12.0 Å². The molecule has 0 N–H and O–H groups in total. The molecule has 5 nitrogen and oxygen atoms in total. The van der Waals surface area contributed by atoms with Crippen molar-refractivity contribution < 1.29 is 9.53 Å². The molecule has 0 bridgehead atoms. The molecule has 24 heavy (non-hydrogen) atoms. The van der Waals surface area contributed by atoms with Crippen LogP contribution in [0.25, 0.3) is 6.08 Å². The van der Waals surface area contributed by atoms with Gasteiger partial charge in [0.1, 0.15) is 5.75 Å². The molecule has 1 aromatic heterocycles. The number of thiazole rings is 1. The Bertz CT molecular complexity index is 827. The number of likely N-dealkylation sites (N-methyl/N-ethyl adjacent to an activating group) is 1. The van der Waals surface area contributed by atoms with E-state index in [2.05, 4.69) is 9.98 Å². The van der Waals surface area contributed by atoms with Gasteiger partial charge in [-0.1, -0.05) is 18.2 Å². The average Bonchev–Trinajstić information content (AvgIpc) is 3.12. The Morgan fingerprint density at radius 3 is 2.83 bits per heavy atom. The molecule has 0 spiro atoms. The zero-order valence-corrected chi connectivity index (χ0v) is 15.3. The fourth-order valence-electron chi connectivity index (χ4n) is 2.27. The third kappa shape index (κ3) is 3.37. The van der Waals surface area contributed by atoms with Crippen LogP contribution in [0.4, 0.5) is 5.13 Å². The normalized spacial score (nSPS) is 18.0. The Morgan fingerprint density at radius 2 is 2.17 bits per heavy atom. The molecular weight excluding hydrogens is 342 g/mol. The summed E-state index contributed by atoms with van der Waals surface area (Å²) in [4.78, 5) is 23.8. The Morgan fingerprint density at radius 1 is 1.38 bits per heavy atom. The highest BCUT2D eigenvalue weighted by atomic mass is 32.2. The number of aliphatic imine (C=N–C) groups is 1. The first-order valence-electron chi connectivity index (χ1n) is 7.47. The van der Waals surface area contributed by atoms with Crippen LogP contribution >= 0.6 is 23.1 Å². The number of carbonyl (C=O) groups excluding carboxylic acids is 1. The summed E-state index contributed by atoms with van der Waals surface area (Å²) in [6, 6.07) is 7.63. The van der Waals surface area contributed by atoms with Crippen molar-refractivity contribution in [3.63, 3.8) is 0 Å². The van der Waals surface area contributed by atoms with Gasteiger partial charge in [-0.15, -0.1) is 11.3 Å². The standard InChI is InChI=1S/C17H17N3O2S2/c1-4-20-15(21)14(9-12-7-5-6-8-13(12)22-3)24-17(20)19-16-18-11(2)10-23-16/h5-10H,4H2,1-3H3/b14-9-,19-17+. The molecule has 1 aliphatic rings. The number of amides is 1. The number of hydrogen-bond donors (Lipinski definition) is 0. The monoisotopic (exact) mass is 359 g/mol. The van der Waals surface area contributed by atoms with Crippen LogP contribution in [0.15, 0.2) is 39.5 Å². The number of ether oxygens (including phenoxy) is 1. The van der Waals surface area contributed by atoms with Crippen molar-refractivity contribution in [3.8, 4) is 5.75 Å². The maximum atomic E-state index is 12.6. The van der Waals surface area contributed by atoms with E-state index in [4.69, 9.17) is 4.74 Å². The first-order valence-corrected chi connectivity index (χ1v) is 9.17. The first kappa shape index (κ1) is 16.7. The van der Waals surface area contributed by atoms with Crippen LogP contribution < -0.4 is 4.74 Å². The minimum Gasteiger partial charge on any atom is -0.496 e. The average molecular weight is 359 g/mol. The van der Waals surface area contributed by atoms with E-state index in [0.717, 1.165) is 17.0 Å². The number of hydrogen-bond acceptors (Lipinski definition) is 6. The van der Waals surface area contributed by atoms with Gasteiger partial charge in [0.05, 0.1) is 17.7 Å². The maximum Gasteiger partial charge on any atom is 0.266 e. The van der Waals surface area contributed by atoms with E-state index < -0.39 is 0 Å². The van der Waals surface area contributed by atoms with E-state index in [1.807, 2.05) is 49.6 Å². The number of aromatic nitrogens is 1. The molecule has 0 aliphatic carbocycles. The van der Waals surface area contributed by atoms with E-state index in [9.17, 15) is 4.79 Å². The van der Waals surface area contributed by atoms with E-state index in [0.29, 0.717) is 21.7 Å². The van der Waals surface area contributed by atoms with Crippen molar-refractivity contribution >= 4 is 45.4 Å². The summed E-state index contributed by atoms with van der Waals surface area (Å²) in [6.07, 6.45) is 1.85. The van der Waals surface area contributed by atoms with Crippen LogP contribution in [-0.2, 0) is 4.79 Å². The zero-order valence-electron chi connectivity index (χ0n) is 13.6. The smallest absolute Gasteiger partial charge is 0.266 e. The minimum absolute atomic E-state index is 0.0413. The number of nitrogens with zero attached hydrogens (tertiary/aromatic N) is 3. The van der Waals surface area contributed by atoms with Crippen LogP contribution in [0.5, 0.6) is 5.75 Å². The second kappa shape index (κ2) is 7.19. The van der Waals surface area contributed by atoms with Crippen molar-refractivity contribution in [2.45, 2.75) is 13.8 Å². The first-order chi connectivity index (χ1) is 11.6. The lowest BCUT2D eigenvalue weighted by Crippen LogP contribution is -2.28. The lowest BCUT2D eigenvalue weighted by atomic mass is 10.2. The second-order valence-electron chi connectivity index (χ2n) is 5.07. The predicted molar refractivity (Wildman–Crippen MR) is 99.9 cm³/mol. The SMILES string of the molecule is CCN1C(=O)/C(=C/c2ccccc2OC)S/C1=N/c1nc(C)cs1.